The first-order valence-electron chi connectivity index (χ1n) is 11.4. The molecule has 1 aromatic carbocycles. The first-order valence-corrected chi connectivity index (χ1v) is 12.9. The summed E-state index contributed by atoms with van der Waals surface area (Å²) < 4.78 is 27.9. The number of aryl methyl sites for hydroxylation is 1. The molecule has 2 fully saturated rings. The van der Waals surface area contributed by atoms with Gasteiger partial charge in [0.25, 0.3) is 0 Å². The number of hydrogen-bond acceptors (Lipinski definition) is 4. The molecule has 1 saturated carbocycles. The van der Waals surface area contributed by atoms with Crippen molar-refractivity contribution in [3.8, 4) is 0 Å². The number of carbonyl (C=O) groups excluding carboxylic acids is 1. The van der Waals surface area contributed by atoms with E-state index < -0.39 is 10.0 Å². The fourth-order valence-electron chi connectivity index (χ4n) is 4.64. The largest absolute Gasteiger partial charge is 0.352 e. The SMILES string of the molecule is Cc1ccc(S(=O)(=O)NCC2CCCN(C(C)C(=O)NC3CCCCC3C)C2)cc1. The maximum absolute atomic E-state index is 12.8. The molecule has 1 amide bonds. The van der Waals surface area contributed by atoms with Crippen LogP contribution in [-0.4, -0.2) is 50.9 Å². The highest BCUT2D eigenvalue weighted by molar-refractivity contribution is 7.89. The number of benzene rings is 1. The lowest BCUT2D eigenvalue weighted by atomic mass is 9.86. The van der Waals surface area contributed by atoms with E-state index in [9.17, 15) is 13.2 Å². The van der Waals surface area contributed by atoms with Gasteiger partial charge < -0.3 is 5.32 Å². The van der Waals surface area contributed by atoms with Gasteiger partial charge in [-0.2, -0.15) is 0 Å². The van der Waals surface area contributed by atoms with Crippen molar-refractivity contribution in [2.24, 2.45) is 11.8 Å². The molecule has 1 aliphatic carbocycles. The number of nitrogens with one attached hydrogen (secondary N) is 2. The zero-order valence-electron chi connectivity index (χ0n) is 18.6. The average Bonchev–Trinajstić information content (AvgIpc) is 2.74. The van der Waals surface area contributed by atoms with Crippen molar-refractivity contribution in [1.29, 1.82) is 0 Å². The predicted octanol–water partition coefficient (Wildman–Crippen LogP) is 3.07. The van der Waals surface area contributed by atoms with Gasteiger partial charge in [0.15, 0.2) is 0 Å². The second-order valence-corrected chi connectivity index (χ2v) is 11.0. The lowest BCUT2D eigenvalue weighted by Gasteiger charge is -2.37. The molecular weight excluding hydrogens is 398 g/mol. The zero-order valence-corrected chi connectivity index (χ0v) is 19.4. The summed E-state index contributed by atoms with van der Waals surface area (Å²) in [5, 5.41) is 3.27. The van der Waals surface area contributed by atoms with E-state index in [4.69, 9.17) is 0 Å². The van der Waals surface area contributed by atoms with Gasteiger partial charge in [-0.05, 0) is 70.0 Å². The second kappa shape index (κ2) is 10.2. The van der Waals surface area contributed by atoms with Crippen molar-refractivity contribution >= 4 is 15.9 Å². The fraction of sp³-hybridized carbons (Fsp3) is 0.696. The summed E-state index contributed by atoms with van der Waals surface area (Å²) in [5.74, 6) is 0.859. The number of sulfonamides is 1. The van der Waals surface area contributed by atoms with E-state index >= 15 is 0 Å². The van der Waals surface area contributed by atoms with E-state index in [0.29, 0.717) is 17.4 Å². The van der Waals surface area contributed by atoms with Gasteiger partial charge in [-0.1, -0.05) is 37.5 Å². The maximum Gasteiger partial charge on any atom is 0.240 e. The number of hydrogen-bond donors (Lipinski definition) is 2. The highest BCUT2D eigenvalue weighted by Gasteiger charge is 2.30. The van der Waals surface area contributed by atoms with Crippen molar-refractivity contribution in [2.45, 2.75) is 76.3 Å². The van der Waals surface area contributed by atoms with Crippen LogP contribution in [0, 0.1) is 18.8 Å². The third-order valence-electron chi connectivity index (χ3n) is 6.81. The molecule has 1 heterocycles. The molecule has 7 heteroatoms. The van der Waals surface area contributed by atoms with Crippen LogP contribution in [0.25, 0.3) is 0 Å². The summed E-state index contributed by atoms with van der Waals surface area (Å²) in [6.45, 7) is 8.17. The molecule has 0 aromatic heterocycles. The van der Waals surface area contributed by atoms with Crippen molar-refractivity contribution in [3.05, 3.63) is 29.8 Å². The highest BCUT2D eigenvalue weighted by Crippen LogP contribution is 2.24. The quantitative estimate of drug-likeness (QED) is 0.690. The highest BCUT2D eigenvalue weighted by atomic mass is 32.2. The third-order valence-corrected chi connectivity index (χ3v) is 8.25. The van der Waals surface area contributed by atoms with Gasteiger partial charge in [-0.25, -0.2) is 13.1 Å². The maximum atomic E-state index is 12.8. The minimum Gasteiger partial charge on any atom is -0.352 e. The minimum absolute atomic E-state index is 0.106. The molecule has 1 saturated heterocycles. The molecular formula is C23H37N3O3S. The van der Waals surface area contributed by atoms with Gasteiger partial charge in [0.05, 0.1) is 10.9 Å². The first kappa shape index (κ1) is 23.2. The summed E-state index contributed by atoms with van der Waals surface area (Å²) in [5.41, 5.74) is 1.03. The Morgan fingerprint density at radius 3 is 2.53 bits per heavy atom. The summed E-state index contributed by atoms with van der Waals surface area (Å²) in [4.78, 5) is 15.3. The van der Waals surface area contributed by atoms with Gasteiger partial charge in [0, 0.05) is 19.1 Å². The zero-order chi connectivity index (χ0) is 21.7. The molecule has 1 aliphatic heterocycles. The Hall–Kier alpha value is -1.44. The Morgan fingerprint density at radius 2 is 1.83 bits per heavy atom. The van der Waals surface area contributed by atoms with Gasteiger partial charge in [0.1, 0.15) is 0 Å². The standard InChI is InChI=1S/C23H37N3O3S/c1-17-10-12-21(13-11-17)30(28,29)24-15-20-8-6-14-26(16-20)19(3)23(27)25-22-9-5-4-7-18(22)2/h10-13,18-20,22,24H,4-9,14-16H2,1-3H3,(H,25,27). The first-order chi connectivity index (χ1) is 14.3. The number of piperidine rings is 1. The summed E-state index contributed by atoms with van der Waals surface area (Å²) in [7, 11) is -3.50. The average molecular weight is 436 g/mol. The Morgan fingerprint density at radius 1 is 1.13 bits per heavy atom. The van der Waals surface area contributed by atoms with Crippen LogP contribution in [0.4, 0.5) is 0 Å². The molecule has 1 aromatic rings. The lowest BCUT2D eigenvalue weighted by Crippen LogP contribution is -2.53. The molecule has 2 N–H and O–H groups in total. The van der Waals surface area contributed by atoms with E-state index in [0.717, 1.165) is 37.9 Å². The fourth-order valence-corrected chi connectivity index (χ4v) is 5.76. The normalized spacial score (nSPS) is 26.8. The Bertz CT molecular complexity index is 809. The topological polar surface area (TPSA) is 78.5 Å². The number of carbonyl (C=O) groups is 1. The molecule has 0 radical (unpaired) electrons. The summed E-state index contributed by atoms with van der Waals surface area (Å²) in [6, 6.07) is 7.01. The summed E-state index contributed by atoms with van der Waals surface area (Å²) in [6.07, 6.45) is 6.66. The van der Waals surface area contributed by atoms with E-state index in [1.807, 2.05) is 26.0 Å². The molecule has 4 unspecified atom stereocenters. The lowest BCUT2D eigenvalue weighted by molar-refractivity contribution is -0.127. The van der Waals surface area contributed by atoms with Crippen molar-refractivity contribution in [3.63, 3.8) is 0 Å². The smallest absolute Gasteiger partial charge is 0.240 e. The molecule has 168 valence electrons. The van der Waals surface area contributed by atoms with Crippen LogP contribution in [0.15, 0.2) is 29.2 Å². The van der Waals surface area contributed by atoms with Gasteiger partial charge >= 0.3 is 0 Å². The van der Waals surface area contributed by atoms with Gasteiger partial charge in [-0.3, -0.25) is 9.69 Å². The molecule has 0 spiro atoms. The van der Waals surface area contributed by atoms with Crippen LogP contribution >= 0.6 is 0 Å². The molecule has 30 heavy (non-hydrogen) atoms. The van der Waals surface area contributed by atoms with Crippen LogP contribution < -0.4 is 10.0 Å². The molecule has 6 nitrogen and oxygen atoms in total. The van der Waals surface area contributed by atoms with Gasteiger partial charge in [0.2, 0.25) is 15.9 Å². The molecule has 3 rings (SSSR count). The van der Waals surface area contributed by atoms with Crippen molar-refractivity contribution < 1.29 is 13.2 Å². The third kappa shape index (κ3) is 6.05. The Balaban J connectivity index is 1.51. The van der Waals surface area contributed by atoms with Crippen molar-refractivity contribution in [2.75, 3.05) is 19.6 Å². The van der Waals surface area contributed by atoms with Crippen LogP contribution in [-0.2, 0) is 14.8 Å². The number of likely N-dealkylation sites (tertiary alicyclic amines) is 1. The molecule has 2 aliphatic rings. The van der Waals surface area contributed by atoms with Crippen molar-refractivity contribution in [1.82, 2.24) is 14.9 Å². The predicted molar refractivity (Wildman–Crippen MR) is 120 cm³/mol. The van der Waals surface area contributed by atoms with Crippen LogP contribution in [0.3, 0.4) is 0 Å². The number of rotatable bonds is 7. The van der Waals surface area contributed by atoms with Crippen LogP contribution in [0.1, 0.15) is 57.9 Å². The van der Waals surface area contributed by atoms with E-state index in [1.54, 1.807) is 12.1 Å². The van der Waals surface area contributed by atoms with Crippen LogP contribution in [0.2, 0.25) is 0 Å². The Labute approximate surface area is 181 Å². The second-order valence-electron chi connectivity index (χ2n) is 9.22. The molecule has 4 atom stereocenters. The number of nitrogens with zero attached hydrogens (tertiary/aromatic N) is 1. The number of amides is 1. The minimum atomic E-state index is -3.50. The van der Waals surface area contributed by atoms with Gasteiger partial charge in [-0.15, -0.1) is 0 Å². The molecule has 0 bridgehead atoms. The Kier molecular flexibility index (Phi) is 7.93. The van der Waals surface area contributed by atoms with E-state index in [-0.39, 0.29) is 23.9 Å². The van der Waals surface area contributed by atoms with Crippen LogP contribution in [0.5, 0.6) is 0 Å². The van der Waals surface area contributed by atoms with E-state index in [2.05, 4.69) is 21.9 Å². The van der Waals surface area contributed by atoms with E-state index in [1.165, 1.54) is 19.3 Å². The monoisotopic (exact) mass is 435 g/mol. The summed E-state index contributed by atoms with van der Waals surface area (Å²) >= 11 is 0.